The summed E-state index contributed by atoms with van der Waals surface area (Å²) in [6.45, 7) is 4.58. The van der Waals surface area contributed by atoms with E-state index in [-0.39, 0.29) is 18.3 Å². The summed E-state index contributed by atoms with van der Waals surface area (Å²) in [5.41, 5.74) is 2.17. The van der Waals surface area contributed by atoms with Crippen molar-refractivity contribution < 1.29 is 13.9 Å². The maximum Gasteiger partial charge on any atom is 0.248 e. The Morgan fingerprint density at radius 1 is 0.923 bits per heavy atom. The van der Waals surface area contributed by atoms with E-state index in [2.05, 4.69) is 4.90 Å². The molecule has 1 saturated heterocycles. The van der Waals surface area contributed by atoms with Gasteiger partial charge in [-0.3, -0.25) is 9.69 Å². The minimum absolute atomic E-state index is 0.0459. The standard InChI is InChI=1S/C21H25FN2O2/c22-20-9-7-18(8-10-20)15-23-11-4-12-24(14-13-23)21(25)17-26-16-19-5-2-1-3-6-19/h1-3,5-10H,4,11-17H2. The molecule has 0 unspecified atom stereocenters. The van der Waals surface area contributed by atoms with E-state index in [1.54, 1.807) is 0 Å². The van der Waals surface area contributed by atoms with E-state index < -0.39 is 0 Å². The molecule has 0 atom stereocenters. The molecule has 5 heteroatoms. The Balaban J connectivity index is 1.42. The molecule has 1 heterocycles. The van der Waals surface area contributed by atoms with Gasteiger partial charge in [0.15, 0.2) is 0 Å². The van der Waals surface area contributed by atoms with Crippen molar-refractivity contribution in [2.75, 3.05) is 32.8 Å². The van der Waals surface area contributed by atoms with Crippen LogP contribution in [-0.4, -0.2) is 48.5 Å². The zero-order valence-electron chi connectivity index (χ0n) is 14.9. The van der Waals surface area contributed by atoms with Crippen LogP contribution in [0.2, 0.25) is 0 Å². The molecule has 4 nitrogen and oxygen atoms in total. The minimum atomic E-state index is -0.211. The van der Waals surface area contributed by atoms with Gasteiger partial charge in [0, 0.05) is 32.7 Å². The molecule has 1 aliphatic heterocycles. The molecule has 0 spiro atoms. The van der Waals surface area contributed by atoms with Gasteiger partial charge in [0.05, 0.1) is 6.61 Å². The highest BCUT2D eigenvalue weighted by Crippen LogP contribution is 2.10. The molecular formula is C21H25FN2O2. The van der Waals surface area contributed by atoms with Gasteiger partial charge in [0.25, 0.3) is 0 Å². The van der Waals surface area contributed by atoms with Crippen LogP contribution >= 0.6 is 0 Å². The molecule has 1 fully saturated rings. The van der Waals surface area contributed by atoms with Crippen molar-refractivity contribution >= 4 is 5.91 Å². The Labute approximate surface area is 154 Å². The number of hydrogen-bond acceptors (Lipinski definition) is 3. The second-order valence-corrected chi connectivity index (χ2v) is 6.62. The third-order valence-electron chi connectivity index (χ3n) is 4.60. The van der Waals surface area contributed by atoms with Gasteiger partial charge in [-0.1, -0.05) is 42.5 Å². The summed E-state index contributed by atoms with van der Waals surface area (Å²) in [5, 5.41) is 0. The van der Waals surface area contributed by atoms with Gasteiger partial charge in [-0.25, -0.2) is 4.39 Å². The van der Waals surface area contributed by atoms with Crippen molar-refractivity contribution in [3.05, 3.63) is 71.5 Å². The minimum Gasteiger partial charge on any atom is -0.367 e. The highest BCUT2D eigenvalue weighted by atomic mass is 19.1. The quantitative estimate of drug-likeness (QED) is 0.797. The van der Waals surface area contributed by atoms with E-state index >= 15 is 0 Å². The topological polar surface area (TPSA) is 32.8 Å². The molecule has 1 aliphatic rings. The van der Waals surface area contributed by atoms with Crippen molar-refractivity contribution in [2.24, 2.45) is 0 Å². The summed E-state index contributed by atoms with van der Waals surface area (Å²) in [7, 11) is 0. The molecule has 26 heavy (non-hydrogen) atoms. The second-order valence-electron chi connectivity index (χ2n) is 6.62. The van der Waals surface area contributed by atoms with Crippen molar-refractivity contribution in [1.29, 1.82) is 0 Å². The van der Waals surface area contributed by atoms with Gasteiger partial charge in [-0.05, 0) is 29.7 Å². The third kappa shape index (κ3) is 5.64. The van der Waals surface area contributed by atoms with Crippen LogP contribution in [0, 0.1) is 5.82 Å². The lowest BCUT2D eigenvalue weighted by Gasteiger charge is -2.22. The SMILES string of the molecule is O=C(COCc1ccccc1)N1CCCN(Cc2ccc(F)cc2)CC1. The summed E-state index contributed by atoms with van der Waals surface area (Å²) < 4.78 is 18.6. The zero-order valence-corrected chi connectivity index (χ0v) is 14.9. The summed E-state index contributed by atoms with van der Waals surface area (Å²) in [4.78, 5) is 16.6. The molecule has 0 N–H and O–H groups in total. The lowest BCUT2D eigenvalue weighted by Crippen LogP contribution is -2.37. The molecule has 0 radical (unpaired) electrons. The average molecular weight is 356 g/mol. The molecule has 138 valence electrons. The lowest BCUT2D eigenvalue weighted by molar-refractivity contribution is -0.136. The first-order valence-corrected chi connectivity index (χ1v) is 9.07. The van der Waals surface area contributed by atoms with Gasteiger partial charge in [-0.15, -0.1) is 0 Å². The average Bonchev–Trinajstić information content (AvgIpc) is 2.90. The number of halogens is 1. The number of nitrogens with zero attached hydrogens (tertiary/aromatic N) is 2. The molecule has 3 rings (SSSR count). The first-order valence-electron chi connectivity index (χ1n) is 9.07. The van der Waals surface area contributed by atoms with Crippen LogP contribution in [0.5, 0.6) is 0 Å². The molecule has 0 saturated carbocycles. The van der Waals surface area contributed by atoms with Crippen LogP contribution in [-0.2, 0) is 22.7 Å². The Morgan fingerprint density at radius 2 is 1.69 bits per heavy atom. The largest absolute Gasteiger partial charge is 0.367 e. The van der Waals surface area contributed by atoms with Crippen molar-refractivity contribution in [3.8, 4) is 0 Å². The number of benzene rings is 2. The fourth-order valence-corrected chi connectivity index (χ4v) is 3.15. The van der Waals surface area contributed by atoms with Crippen LogP contribution in [0.4, 0.5) is 4.39 Å². The number of carbonyl (C=O) groups is 1. The van der Waals surface area contributed by atoms with Crippen LogP contribution in [0.3, 0.4) is 0 Å². The summed E-state index contributed by atoms with van der Waals surface area (Å²) in [5.74, 6) is -0.165. The van der Waals surface area contributed by atoms with Crippen molar-refractivity contribution in [1.82, 2.24) is 9.80 Å². The number of carbonyl (C=O) groups excluding carboxylic acids is 1. The normalized spacial score (nSPS) is 15.7. The maximum atomic E-state index is 13.0. The Morgan fingerprint density at radius 3 is 2.46 bits per heavy atom. The molecule has 1 amide bonds. The highest BCUT2D eigenvalue weighted by Gasteiger charge is 2.19. The molecular weight excluding hydrogens is 331 g/mol. The van der Waals surface area contributed by atoms with E-state index in [0.717, 1.165) is 43.7 Å². The first-order chi connectivity index (χ1) is 12.7. The predicted molar refractivity (Wildman–Crippen MR) is 99.0 cm³/mol. The summed E-state index contributed by atoms with van der Waals surface area (Å²) >= 11 is 0. The van der Waals surface area contributed by atoms with Crippen LogP contribution in [0.25, 0.3) is 0 Å². The Kier molecular flexibility index (Phi) is 6.75. The highest BCUT2D eigenvalue weighted by molar-refractivity contribution is 5.77. The van der Waals surface area contributed by atoms with Crippen LogP contribution in [0.1, 0.15) is 17.5 Å². The fourth-order valence-electron chi connectivity index (χ4n) is 3.15. The van der Waals surface area contributed by atoms with E-state index in [1.165, 1.54) is 12.1 Å². The molecule has 0 bridgehead atoms. The van der Waals surface area contributed by atoms with E-state index in [1.807, 2.05) is 47.4 Å². The Hall–Kier alpha value is -2.24. The molecule has 0 aromatic heterocycles. The van der Waals surface area contributed by atoms with Gasteiger partial charge in [0.1, 0.15) is 12.4 Å². The monoisotopic (exact) mass is 356 g/mol. The second kappa shape index (κ2) is 9.46. The zero-order chi connectivity index (χ0) is 18.2. The summed E-state index contributed by atoms with van der Waals surface area (Å²) in [6, 6.07) is 16.5. The van der Waals surface area contributed by atoms with Gasteiger partial charge < -0.3 is 9.64 Å². The van der Waals surface area contributed by atoms with Crippen molar-refractivity contribution in [2.45, 2.75) is 19.6 Å². The maximum absolute atomic E-state index is 13.0. The molecule has 2 aromatic rings. The number of rotatable bonds is 6. The number of amides is 1. The van der Waals surface area contributed by atoms with E-state index in [4.69, 9.17) is 4.74 Å². The molecule has 2 aromatic carbocycles. The molecule has 0 aliphatic carbocycles. The smallest absolute Gasteiger partial charge is 0.248 e. The van der Waals surface area contributed by atoms with Gasteiger partial charge in [0.2, 0.25) is 5.91 Å². The predicted octanol–water partition coefficient (Wildman–Crippen LogP) is 3.08. The van der Waals surface area contributed by atoms with Gasteiger partial charge in [-0.2, -0.15) is 0 Å². The van der Waals surface area contributed by atoms with Crippen LogP contribution in [0.15, 0.2) is 54.6 Å². The fraction of sp³-hybridized carbons (Fsp3) is 0.381. The van der Waals surface area contributed by atoms with Crippen LogP contribution < -0.4 is 0 Å². The van der Waals surface area contributed by atoms with Gasteiger partial charge >= 0.3 is 0 Å². The first kappa shape index (κ1) is 18.5. The van der Waals surface area contributed by atoms with E-state index in [0.29, 0.717) is 13.2 Å². The Bertz CT molecular complexity index is 691. The number of ether oxygens (including phenoxy) is 1. The van der Waals surface area contributed by atoms with Crippen molar-refractivity contribution in [3.63, 3.8) is 0 Å². The third-order valence-corrected chi connectivity index (χ3v) is 4.60. The van der Waals surface area contributed by atoms with E-state index in [9.17, 15) is 9.18 Å². The summed E-state index contributed by atoms with van der Waals surface area (Å²) in [6.07, 6.45) is 0.936. The number of hydrogen-bond donors (Lipinski definition) is 0. The lowest BCUT2D eigenvalue weighted by atomic mass is 10.2.